The quantitative estimate of drug-likeness (QED) is 0.514. The van der Waals surface area contributed by atoms with Crippen LogP contribution in [0.1, 0.15) is 0 Å². The molecule has 1 aromatic rings. The van der Waals surface area contributed by atoms with Crippen LogP contribution in [0.25, 0.3) is 0 Å². The molecule has 0 aromatic heterocycles. The Kier molecular flexibility index (Phi) is 3.91. The zero-order chi connectivity index (χ0) is 10.2. The average molecular weight is 393 g/mol. The van der Waals surface area contributed by atoms with Gasteiger partial charge < -0.3 is 14.7 Å². The van der Waals surface area contributed by atoms with Gasteiger partial charge >= 0.3 is 0 Å². The molecule has 1 aromatic carbocycles. The van der Waals surface area contributed by atoms with E-state index in [2.05, 4.69) is 47.8 Å². The van der Waals surface area contributed by atoms with Crippen molar-refractivity contribution in [2.45, 2.75) is 0 Å². The van der Waals surface area contributed by atoms with Crippen molar-refractivity contribution < 1.29 is 14.7 Å². The van der Waals surface area contributed by atoms with E-state index in [0.29, 0.717) is 4.47 Å². The first kappa shape index (κ1) is 12.0. The van der Waals surface area contributed by atoms with Crippen molar-refractivity contribution >= 4 is 61.0 Å². The van der Waals surface area contributed by atoms with Gasteiger partial charge in [0, 0.05) is 4.47 Å². The predicted molar refractivity (Wildman–Crippen MR) is 56.1 cm³/mol. The molecule has 0 bridgehead atoms. The van der Waals surface area contributed by atoms with Crippen LogP contribution < -0.4 is 20.0 Å². The highest BCUT2D eigenvalue weighted by molar-refractivity contribution is 9.13. The lowest BCUT2D eigenvalue weighted by atomic mass is 10.4. The maximum absolute atomic E-state index is 10.8. The van der Waals surface area contributed by atoms with Crippen LogP contribution in [0.15, 0.2) is 25.6 Å². The van der Waals surface area contributed by atoms with Gasteiger partial charge in [-0.05, 0) is 59.9 Å². The van der Waals surface area contributed by atoms with Gasteiger partial charge in [-0.25, -0.2) is 0 Å². The van der Waals surface area contributed by atoms with Crippen molar-refractivity contribution in [3.8, 4) is 0 Å². The third kappa shape index (κ3) is 2.72. The highest BCUT2D eigenvalue weighted by Crippen LogP contribution is 2.38. The fourth-order valence-electron chi connectivity index (χ4n) is 0.767. The molecule has 0 aliphatic carbocycles. The number of hydrogen-bond acceptors (Lipinski definition) is 3. The molecule has 0 saturated heterocycles. The maximum Gasteiger partial charge on any atom is 0.106 e. The van der Waals surface area contributed by atoms with Gasteiger partial charge in [-0.3, -0.25) is 0 Å². The lowest BCUT2D eigenvalue weighted by molar-refractivity contribution is -0.421. The van der Waals surface area contributed by atoms with Gasteiger partial charge in [-0.1, -0.05) is 0 Å². The molecule has 0 unspecified atom stereocenters. The van der Waals surface area contributed by atoms with Crippen molar-refractivity contribution in [2.24, 2.45) is 0 Å². The second-order valence-electron chi connectivity index (χ2n) is 2.19. The van der Waals surface area contributed by atoms with Gasteiger partial charge in [0.2, 0.25) is 0 Å². The molecule has 1 rings (SSSR count). The molecule has 7 heteroatoms. The smallest absolute Gasteiger partial charge is 0.106 e. The Bertz CT molecular complexity index is 337. The van der Waals surface area contributed by atoms with E-state index in [1.807, 2.05) is 0 Å². The molecule has 0 spiro atoms. The minimum atomic E-state index is -4.74. The summed E-state index contributed by atoms with van der Waals surface area (Å²) in [5.74, 6) is 0. The Balaban J connectivity index is 3.43. The molecule has 0 heterocycles. The Morgan fingerprint density at radius 3 is 1.77 bits per heavy atom. The maximum atomic E-state index is 10.8. The summed E-state index contributed by atoms with van der Waals surface area (Å²) < 4.78 is 1.03. The van der Waals surface area contributed by atoms with Crippen LogP contribution >= 0.6 is 55.7 Å². The first-order valence-electron chi connectivity index (χ1n) is 3.00. The molecule has 0 aliphatic heterocycles. The number of hydrogen-bond donors (Lipinski definition) is 0. The molecular formula is C6H2Br3O3P-2. The van der Waals surface area contributed by atoms with Gasteiger partial charge in [-0.15, -0.1) is 7.94 Å². The lowest BCUT2D eigenvalue weighted by Crippen LogP contribution is -2.42. The summed E-state index contributed by atoms with van der Waals surface area (Å²) in [5.41, 5.74) is 0. The first-order valence-corrected chi connectivity index (χ1v) is 6.92. The Morgan fingerprint density at radius 1 is 0.923 bits per heavy atom. The third-order valence-corrected chi connectivity index (χ3v) is 5.60. The SMILES string of the molecule is [O-][P+]([O-])([O-])c1c(Br)ccc(Br)c1Br. The number of benzene rings is 1. The van der Waals surface area contributed by atoms with Gasteiger partial charge in [0.15, 0.2) is 0 Å². The van der Waals surface area contributed by atoms with Crippen LogP contribution in [-0.2, 0) is 0 Å². The molecule has 0 radical (unpaired) electrons. The van der Waals surface area contributed by atoms with Gasteiger partial charge in [0.05, 0.1) is 8.95 Å². The molecular weight excluding hydrogens is 391 g/mol. The van der Waals surface area contributed by atoms with Crippen LogP contribution in [-0.4, -0.2) is 0 Å². The normalized spacial score (nSPS) is 11.8. The van der Waals surface area contributed by atoms with Crippen LogP contribution in [0.4, 0.5) is 0 Å². The summed E-state index contributed by atoms with van der Waals surface area (Å²) in [5, 5.41) is -0.262. The second kappa shape index (κ2) is 4.23. The molecule has 0 saturated carbocycles. The van der Waals surface area contributed by atoms with E-state index in [-0.39, 0.29) is 14.2 Å². The van der Waals surface area contributed by atoms with E-state index < -0.39 is 7.94 Å². The van der Waals surface area contributed by atoms with Crippen molar-refractivity contribution in [3.63, 3.8) is 0 Å². The summed E-state index contributed by atoms with van der Waals surface area (Å²) in [6.45, 7) is 0. The van der Waals surface area contributed by atoms with E-state index in [1.54, 1.807) is 6.07 Å². The Labute approximate surface area is 101 Å². The Hall–Kier alpha value is 0.970. The highest BCUT2D eigenvalue weighted by Gasteiger charge is 2.15. The van der Waals surface area contributed by atoms with E-state index in [0.717, 1.165) is 0 Å². The molecule has 0 amide bonds. The monoisotopic (exact) mass is 390 g/mol. The van der Waals surface area contributed by atoms with E-state index >= 15 is 0 Å². The summed E-state index contributed by atoms with van der Waals surface area (Å²) in [4.78, 5) is 32.5. The molecule has 3 nitrogen and oxygen atoms in total. The van der Waals surface area contributed by atoms with Gasteiger partial charge in [-0.2, -0.15) is 0 Å². The number of halogens is 3. The molecule has 72 valence electrons. The van der Waals surface area contributed by atoms with Crippen LogP contribution in [0.2, 0.25) is 0 Å². The topological polar surface area (TPSA) is 69.2 Å². The third-order valence-electron chi connectivity index (χ3n) is 1.29. The highest BCUT2D eigenvalue weighted by atomic mass is 79.9. The van der Waals surface area contributed by atoms with Gasteiger partial charge in [0.25, 0.3) is 0 Å². The fraction of sp³-hybridized carbons (Fsp3) is 0. The summed E-state index contributed by atoms with van der Waals surface area (Å²) >= 11 is 9.12. The molecule has 0 fully saturated rings. The van der Waals surface area contributed by atoms with E-state index in [9.17, 15) is 14.7 Å². The van der Waals surface area contributed by atoms with E-state index in [1.165, 1.54) is 6.07 Å². The minimum absolute atomic E-state index is 0.246. The molecule has 0 N–H and O–H groups in total. The second-order valence-corrected chi connectivity index (χ2v) is 6.13. The van der Waals surface area contributed by atoms with Crippen LogP contribution in [0.5, 0.6) is 0 Å². The molecule has 13 heavy (non-hydrogen) atoms. The van der Waals surface area contributed by atoms with Crippen molar-refractivity contribution in [2.75, 3.05) is 0 Å². The fourth-order valence-corrected chi connectivity index (χ4v) is 4.19. The zero-order valence-electron chi connectivity index (χ0n) is 5.96. The molecule has 0 aliphatic rings. The Morgan fingerprint density at radius 2 is 1.38 bits per heavy atom. The van der Waals surface area contributed by atoms with E-state index in [4.69, 9.17) is 0 Å². The predicted octanol–water partition coefficient (Wildman–Crippen LogP) is 0.443. The summed E-state index contributed by atoms with van der Waals surface area (Å²) in [6, 6.07) is 3.12. The standard InChI is InChI=1S/C6H4Br3O3P/c7-3-1-2-4(8)6(5(3)9)13(10,11)12/h1-2H,(H2,10,11,12)/p-2. The van der Waals surface area contributed by atoms with Crippen LogP contribution in [0.3, 0.4) is 0 Å². The van der Waals surface area contributed by atoms with Crippen molar-refractivity contribution in [1.29, 1.82) is 0 Å². The largest absolute Gasteiger partial charge is 0.683 e. The zero-order valence-corrected chi connectivity index (χ0v) is 11.6. The minimum Gasteiger partial charge on any atom is -0.683 e. The molecule has 0 atom stereocenters. The van der Waals surface area contributed by atoms with Crippen molar-refractivity contribution in [3.05, 3.63) is 25.6 Å². The number of rotatable bonds is 1. The first-order chi connectivity index (χ1) is 5.84. The lowest BCUT2D eigenvalue weighted by Gasteiger charge is -2.42. The van der Waals surface area contributed by atoms with Gasteiger partial charge in [0.1, 0.15) is 5.30 Å². The van der Waals surface area contributed by atoms with Crippen LogP contribution in [0, 0.1) is 0 Å². The average Bonchev–Trinajstić information content (AvgIpc) is 1.95. The van der Waals surface area contributed by atoms with Crippen molar-refractivity contribution in [1.82, 2.24) is 0 Å². The summed E-state index contributed by atoms with van der Waals surface area (Å²) in [7, 11) is -4.74. The summed E-state index contributed by atoms with van der Waals surface area (Å²) in [6.07, 6.45) is 0.